The maximum absolute atomic E-state index is 4.07. The van der Waals surface area contributed by atoms with Crippen LogP contribution in [-0.4, -0.2) is 17.3 Å². The molecule has 0 unspecified atom stereocenters. The molecule has 0 atom stereocenters. The van der Waals surface area contributed by atoms with Gasteiger partial charge in [-0.3, -0.25) is 4.98 Å². The van der Waals surface area contributed by atoms with E-state index in [1.54, 1.807) is 12.4 Å². The van der Waals surface area contributed by atoms with Crippen LogP contribution in [0.15, 0.2) is 24.5 Å². The summed E-state index contributed by atoms with van der Waals surface area (Å²) in [7, 11) is 0. The second kappa shape index (κ2) is 4.17. The van der Waals surface area contributed by atoms with Crippen molar-refractivity contribution >= 4 is 18.3 Å². The molecular formula is C7H10N2S. The van der Waals surface area contributed by atoms with Gasteiger partial charge in [-0.2, -0.15) is 12.6 Å². The summed E-state index contributed by atoms with van der Waals surface area (Å²) in [6.07, 6.45) is 3.55. The number of aromatic nitrogens is 1. The Hall–Kier alpha value is -0.700. The van der Waals surface area contributed by atoms with Crippen molar-refractivity contribution in [1.82, 2.24) is 4.98 Å². The summed E-state index contributed by atoms with van der Waals surface area (Å²) in [5.74, 6) is 0.842. The summed E-state index contributed by atoms with van der Waals surface area (Å²) in [6, 6.07) is 3.89. The fraction of sp³-hybridized carbons (Fsp3) is 0.286. The third-order valence-corrected chi connectivity index (χ3v) is 1.33. The Morgan fingerprint density at radius 2 is 2.50 bits per heavy atom. The van der Waals surface area contributed by atoms with E-state index in [4.69, 9.17) is 0 Å². The van der Waals surface area contributed by atoms with Crippen LogP contribution in [0.4, 0.5) is 5.69 Å². The maximum atomic E-state index is 4.07. The highest BCUT2D eigenvalue weighted by Crippen LogP contribution is 2.00. The van der Waals surface area contributed by atoms with Crippen molar-refractivity contribution in [2.24, 2.45) is 0 Å². The van der Waals surface area contributed by atoms with E-state index >= 15 is 0 Å². The highest BCUT2D eigenvalue weighted by Gasteiger charge is 1.85. The molecule has 0 fully saturated rings. The summed E-state index contributed by atoms with van der Waals surface area (Å²) in [6.45, 7) is 0.884. The summed E-state index contributed by atoms with van der Waals surface area (Å²) in [5, 5.41) is 3.16. The lowest BCUT2D eigenvalue weighted by Crippen LogP contribution is -2.01. The molecule has 1 N–H and O–H groups in total. The molecule has 10 heavy (non-hydrogen) atoms. The number of nitrogens with one attached hydrogen (secondary N) is 1. The van der Waals surface area contributed by atoms with Gasteiger partial charge in [0.2, 0.25) is 0 Å². The second-order valence-electron chi connectivity index (χ2n) is 1.89. The fourth-order valence-corrected chi connectivity index (χ4v) is 0.779. The Labute approximate surface area is 66.1 Å². The number of anilines is 1. The minimum atomic E-state index is 0.842. The van der Waals surface area contributed by atoms with Gasteiger partial charge in [-0.25, -0.2) is 0 Å². The van der Waals surface area contributed by atoms with Gasteiger partial charge >= 0.3 is 0 Å². The third kappa shape index (κ3) is 2.27. The molecule has 0 aromatic carbocycles. The Bertz CT molecular complexity index is 176. The first-order valence-electron chi connectivity index (χ1n) is 3.18. The molecule has 0 aliphatic carbocycles. The predicted octanol–water partition coefficient (Wildman–Crippen LogP) is 1.42. The Morgan fingerprint density at radius 1 is 1.60 bits per heavy atom. The summed E-state index contributed by atoms with van der Waals surface area (Å²) in [5.41, 5.74) is 1.05. The van der Waals surface area contributed by atoms with Crippen molar-refractivity contribution in [3.8, 4) is 0 Å². The number of thiol groups is 1. The first-order chi connectivity index (χ1) is 4.93. The molecule has 1 aromatic rings. The van der Waals surface area contributed by atoms with Crippen LogP contribution in [0.1, 0.15) is 0 Å². The van der Waals surface area contributed by atoms with Crippen LogP contribution in [0, 0.1) is 0 Å². The van der Waals surface area contributed by atoms with Gasteiger partial charge in [0.1, 0.15) is 0 Å². The molecule has 0 bridgehead atoms. The van der Waals surface area contributed by atoms with Crippen molar-refractivity contribution in [1.29, 1.82) is 0 Å². The zero-order valence-electron chi connectivity index (χ0n) is 5.62. The van der Waals surface area contributed by atoms with Crippen LogP contribution < -0.4 is 5.32 Å². The number of hydrogen-bond acceptors (Lipinski definition) is 3. The summed E-state index contributed by atoms with van der Waals surface area (Å²) < 4.78 is 0. The van der Waals surface area contributed by atoms with Crippen LogP contribution in [0.2, 0.25) is 0 Å². The van der Waals surface area contributed by atoms with E-state index in [1.165, 1.54) is 0 Å². The van der Waals surface area contributed by atoms with E-state index in [0.717, 1.165) is 18.0 Å². The van der Waals surface area contributed by atoms with Gasteiger partial charge in [-0.1, -0.05) is 0 Å². The first-order valence-corrected chi connectivity index (χ1v) is 3.81. The highest BCUT2D eigenvalue weighted by atomic mass is 32.1. The van der Waals surface area contributed by atoms with Crippen LogP contribution in [-0.2, 0) is 0 Å². The number of pyridine rings is 1. The van der Waals surface area contributed by atoms with Crippen LogP contribution >= 0.6 is 12.6 Å². The molecule has 0 saturated carbocycles. The zero-order chi connectivity index (χ0) is 7.23. The molecule has 0 spiro atoms. The van der Waals surface area contributed by atoms with Crippen molar-refractivity contribution in [3.63, 3.8) is 0 Å². The van der Waals surface area contributed by atoms with E-state index in [2.05, 4.69) is 22.9 Å². The minimum Gasteiger partial charge on any atom is -0.383 e. The van der Waals surface area contributed by atoms with Crippen LogP contribution in [0.5, 0.6) is 0 Å². The average molecular weight is 154 g/mol. The zero-order valence-corrected chi connectivity index (χ0v) is 6.51. The summed E-state index contributed by atoms with van der Waals surface area (Å²) in [4.78, 5) is 3.95. The van der Waals surface area contributed by atoms with Gasteiger partial charge in [0.15, 0.2) is 0 Å². The quantitative estimate of drug-likeness (QED) is 0.644. The SMILES string of the molecule is SCCNc1cccnc1. The van der Waals surface area contributed by atoms with E-state index in [1.807, 2.05) is 12.1 Å². The molecule has 0 radical (unpaired) electrons. The maximum Gasteiger partial charge on any atom is 0.0526 e. The van der Waals surface area contributed by atoms with Crippen LogP contribution in [0.25, 0.3) is 0 Å². The van der Waals surface area contributed by atoms with E-state index in [9.17, 15) is 0 Å². The molecule has 1 aromatic heterocycles. The Morgan fingerprint density at radius 3 is 3.10 bits per heavy atom. The van der Waals surface area contributed by atoms with Crippen molar-refractivity contribution < 1.29 is 0 Å². The lowest BCUT2D eigenvalue weighted by molar-refractivity contribution is 1.21. The predicted molar refractivity (Wildman–Crippen MR) is 46.6 cm³/mol. The molecule has 2 nitrogen and oxygen atoms in total. The van der Waals surface area contributed by atoms with Gasteiger partial charge in [0, 0.05) is 24.7 Å². The van der Waals surface area contributed by atoms with Crippen molar-refractivity contribution in [3.05, 3.63) is 24.5 Å². The van der Waals surface area contributed by atoms with Gasteiger partial charge in [0.25, 0.3) is 0 Å². The first kappa shape index (κ1) is 7.41. The van der Waals surface area contributed by atoms with Crippen molar-refractivity contribution in [2.75, 3.05) is 17.6 Å². The van der Waals surface area contributed by atoms with Crippen LogP contribution in [0.3, 0.4) is 0 Å². The number of nitrogens with zero attached hydrogens (tertiary/aromatic N) is 1. The fourth-order valence-electron chi connectivity index (χ4n) is 0.668. The average Bonchev–Trinajstić information content (AvgIpc) is 2.03. The molecular weight excluding hydrogens is 144 g/mol. The van der Waals surface area contributed by atoms with Gasteiger partial charge in [0.05, 0.1) is 5.69 Å². The Balaban J connectivity index is 2.43. The van der Waals surface area contributed by atoms with Gasteiger partial charge in [-0.05, 0) is 12.1 Å². The van der Waals surface area contributed by atoms with E-state index < -0.39 is 0 Å². The monoisotopic (exact) mass is 154 g/mol. The molecule has 3 heteroatoms. The molecule has 0 amide bonds. The molecule has 1 heterocycles. The minimum absolute atomic E-state index is 0.842. The number of hydrogen-bond donors (Lipinski definition) is 2. The smallest absolute Gasteiger partial charge is 0.0526 e. The van der Waals surface area contributed by atoms with Crippen molar-refractivity contribution in [2.45, 2.75) is 0 Å². The van der Waals surface area contributed by atoms with Gasteiger partial charge < -0.3 is 5.32 Å². The molecule has 54 valence electrons. The lowest BCUT2D eigenvalue weighted by Gasteiger charge is -2.00. The molecule has 0 saturated heterocycles. The Kier molecular flexibility index (Phi) is 3.09. The second-order valence-corrected chi connectivity index (χ2v) is 2.34. The molecule has 0 aliphatic rings. The molecule has 1 rings (SSSR count). The number of rotatable bonds is 3. The van der Waals surface area contributed by atoms with Gasteiger partial charge in [-0.15, -0.1) is 0 Å². The normalized spacial score (nSPS) is 9.30. The lowest BCUT2D eigenvalue weighted by atomic mass is 10.4. The highest BCUT2D eigenvalue weighted by molar-refractivity contribution is 7.80. The van der Waals surface area contributed by atoms with E-state index in [0.29, 0.717) is 0 Å². The standard InChI is InChI=1S/C7H10N2S/c10-5-4-9-7-2-1-3-8-6-7/h1-3,6,9-10H,4-5H2. The summed E-state index contributed by atoms with van der Waals surface area (Å²) >= 11 is 4.07. The largest absolute Gasteiger partial charge is 0.383 e. The third-order valence-electron chi connectivity index (χ3n) is 1.10. The van der Waals surface area contributed by atoms with E-state index in [-0.39, 0.29) is 0 Å². The molecule has 0 aliphatic heterocycles. The topological polar surface area (TPSA) is 24.9 Å².